The summed E-state index contributed by atoms with van der Waals surface area (Å²) in [5.41, 5.74) is 0.341. The molecule has 4 amide bonds. The largest absolute Gasteiger partial charge is 0.342 e. The van der Waals surface area contributed by atoms with E-state index in [1.54, 1.807) is 11.9 Å². The molecule has 2 rings (SSSR count). The summed E-state index contributed by atoms with van der Waals surface area (Å²) in [6.07, 6.45) is 2.38. The zero-order chi connectivity index (χ0) is 19.3. The van der Waals surface area contributed by atoms with Crippen LogP contribution < -0.4 is 10.6 Å². The molecule has 0 saturated carbocycles. The molecule has 0 bridgehead atoms. The fourth-order valence-electron chi connectivity index (χ4n) is 2.92. The van der Waals surface area contributed by atoms with Gasteiger partial charge in [0.25, 0.3) is 0 Å². The molecular weight excluding hydrogens is 339 g/mol. The van der Waals surface area contributed by atoms with Crippen molar-refractivity contribution in [3.05, 3.63) is 24.0 Å². The Hall–Kier alpha value is -2.64. The molecule has 7 nitrogen and oxygen atoms in total. The summed E-state index contributed by atoms with van der Waals surface area (Å²) in [7, 11) is 1.73. The normalized spacial score (nSPS) is 17.2. The first-order valence-electron chi connectivity index (χ1n) is 8.73. The fourth-order valence-corrected chi connectivity index (χ4v) is 2.92. The maximum atomic E-state index is 13.7. The maximum absolute atomic E-state index is 13.7. The zero-order valence-electron chi connectivity index (χ0n) is 15.3. The molecule has 1 aliphatic heterocycles. The summed E-state index contributed by atoms with van der Waals surface area (Å²) in [4.78, 5) is 39.4. The number of carbonyl (C=O) groups is 3. The molecule has 26 heavy (non-hydrogen) atoms. The molecule has 142 valence electrons. The molecule has 1 saturated heterocycles. The highest BCUT2D eigenvalue weighted by molar-refractivity contribution is 5.95. The van der Waals surface area contributed by atoms with E-state index < -0.39 is 23.8 Å². The maximum Gasteiger partial charge on any atom is 0.322 e. The predicted molar refractivity (Wildman–Crippen MR) is 97.4 cm³/mol. The van der Waals surface area contributed by atoms with Gasteiger partial charge in [-0.25, -0.2) is 9.18 Å². The zero-order valence-corrected chi connectivity index (χ0v) is 15.3. The van der Waals surface area contributed by atoms with Gasteiger partial charge in [0.2, 0.25) is 11.8 Å². The van der Waals surface area contributed by atoms with Crippen LogP contribution >= 0.6 is 0 Å². The Kier molecular flexibility index (Phi) is 6.54. The minimum absolute atomic E-state index is 0.00714. The molecule has 0 radical (unpaired) electrons. The summed E-state index contributed by atoms with van der Waals surface area (Å²) >= 11 is 0. The van der Waals surface area contributed by atoms with E-state index in [4.69, 9.17) is 0 Å². The smallest absolute Gasteiger partial charge is 0.322 e. The van der Waals surface area contributed by atoms with Crippen molar-refractivity contribution in [2.75, 3.05) is 30.8 Å². The summed E-state index contributed by atoms with van der Waals surface area (Å²) in [6, 6.07) is 3.03. The van der Waals surface area contributed by atoms with Crippen molar-refractivity contribution in [2.45, 2.75) is 39.2 Å². The van der Waals surface area contributed by atoms with Gasteiger partial charge in [-0.1, -0.05) is 19.8 Å². The van der Waals surface area contributed by atoms with Gasteiger partial charge in [-0.15, -0.1) is 0 Å². The van der Waals surface area contributed by atoms with Gasteiger partial charge in [-0.2, -0.15) is 0 Å². The van der Waals surface area contributed by atoms with Gasteiger partial charge < -0.3 is 20.4 Å². The summed E-state index contributed by atoms with van der Waals surface area (Å²) in [5.74, 6) is -1.07. The van der Waals surface area contributed by atoms with Crippen molar-refractivity contribution in [3.8, 4) is 0 Å². The van der Waals surface area contributed by atoms with E-state index in [0.29, 0.717) is 25.2 Å². The van der Waals surface area contributed by atoms with Crippen LogP contribution in [0, 0.1) is 5.82 Å². The van der Waals surface area contributed by atoms with Crippen molar-refractivity contribution < 1.29 is 18.8 Å². The van der Waals surface area contributed by atoms with Gasteiger partial charge in [0.05, 0.1) is 5.69 Å². The number of unbranched alkanes of at least 4 members (excludes halogenated alkanes) is 1. The van der Waals surface area contributed by atoms with Crippen LogP contribution in [-0.4, -0.2) is 53.8 Å². The third-order valence-electron chi connectivity index (χ3n) is 4.33. The Balaban J connectivity index is 2.14. The molecule has 1 fully saturated rings. The lowest BCUT2D eigenvalue weighted by Gasteiger charge is -2.39. The molecule has 1 aromatic rings. The molecular formula is C18H25FN4O3. The summed E-state index contributed by atoms with van der Waals surface area (Å²) in [5, 5.41) is 5.07. The first kappa shape index (κ1) is 19.7. The molecule has 1 aromatic carbocycles. The van der Waals surface area contributed by atoms with Crippen molar-refractivity contribution in [2.24, 2.45) is 0 Å². The number of urea groups is 1. The van der Waals surface area contributed by atoms with Crippen LogP contribution in [0.5, 0.6) is 0 Å². The van der Waals surface area contributed by atoms with Gasteiger partial charge >= 0.3 is 6.03 Å². The number of rotatable bonds is 5. The summed E-state index contributed by atoms with van der Waals surface area (Å²) < 4.78 is 13.7. The molecule has 1 atom stereocenters. The lowest BCUT2D eigenvalue weighted by molar-refractivity contribution is -0.138. The number of halogens is 1. The average molecular weight is 364 g/mol. The lowest BCUT2D eigenvalue weighted by Crippen LogP contribution is -2.58. The number of hydrogen-bond acceptors (Lipinski definition) is 3. The highest BCUT2D eigenvalue weighted by Gasteiger charge is 2.35. The number of amides is 4. The minimum atomic E-state index is -0.589. The van der Waals surface area contributed by atoms with Gasteiger partial charge in [-0.05, 0) is 24.6 Å². The number of nitrogens with one attached hydrogen (secondary N) is 2. The van der Waals surface area contributed by atoms with Crippen LogP contribution in [0.25, 0.3) is 0 Å². The Labute approximate surface area is 152 Å². The van der Waals surface area contributed by atoms with Crippen molar-refractivity contribution in [1.29, 1.82) is 0 Å². The molecule has 8 heteroatoms. The quantitative estimate of drug-likeness (QED) is 0.843. The second-order valence-electron chi connectivity index (χ2n) is 6.42. The monoisotopic (exact) mass is 364 g/mol. The van der Waals surface area contributed by atoms with E-state index in [1.807, 2.05) is 6.92 Å². The molecule has 1 heterocycles. The Morgan fingerprint density at radius 3 is 2.65 bits per heavy atom. The van der Waals surface area contributed by atoms with Crippen LogP contribution in [0.2, 0.25) is 0 Å². The SMILES string of the molecule is CCCCC1C(=O)N(C)CCN1C(=O)Nc1ccc(F)c(NC(C)=O)c1. The van der Waals surface area contributed by atoms with E-state index >= 15 is 0 Å². The Morgan fingerprint density at radius 1 is 1.27 bits per heavy atom. The minimum Gasteiger partial charge on any atom is -0.342 e. The molecule has 2 N–H and O–H groups in total. The second kappa shape index (κ2) is 8.64. The van der Waals surface area contributed by atoms with E-state index in [2.05, 4.69) is 10.6 Å². The number of anilines is 2. The Bertz CT molecular complexity index is 695. The predicted octanol–water partition coefficient (Wildman–Crippen LogP) is 2.65. The first-order chi connectivity index (χ1) is 12.3. The van der Waals surface area contributed by atoms with Crippen molar-refractivity contribution in [1.82, 2.24) is 9.80 Å². The number of piperazine rings is 1. The van der Waals surface area contributed by atoms with E-state index in [9.17, 15) is 18.8 Å². The second-order valence-corrected chi connectivity index (χ2v) is 6.42. The van der Waals surface area contributed by atoms with Crippen LogP contribution in [0.1, 0.15) is 33.1 Å². The third kappa shape index (κ3) is 4.71. The average Bonchev–Trinajstić information content (AvgIpc) is 2.58. The summed E-state index contributed by atoms with van der Waals surface area (Å²) in [6.45, 7) is 4.21. The molecule has 0 aliphatic carbocycles. The van der Waals surface area contributed by atoms with Crippen molar-refractivity contribution in [3.63, 3.8) is 0 Å². The Morgan fingerprint density at radius 2 is 2.00 bits per heavy atom. The van der Waals surface area contributed by atoms with Gasteiger partial charge in [0.15, 0.2) is 0 Å². The standard InChI is InChI=1S/C18H25FN4O3/c1-4-5-6-16-17(25)22(3)9-10-23(16)18(26)21-13-7-8-14(19)15(11-13)20-12(2)24/h7-8,11,16H,4-6,9-10H2,1-3H3,(H,20,24)(H,21,26). The highest BCUT2D eigenvalue weighted by atomic mass is 19.1. The topological polar surface area (TPSA) is 81.8 Å². The van der Waals surface area contributed by atoms with E-state index in [1.165, 1.54) is 30.0 Å². The molecule has 0 aromatic heterocycles. The number of carbonyl (C=O) groups excluding carboxylic acids is 3. The number of nitrogens with zero attached hydrogens (tertiary/aromatic N) is 2. The number of benzene rings is 1. The van der Waals surface area contributed by atoms with Gasteiger partial charge in [-0.3, -0.25) is 9.59 Å². The highest BCUT2D eigenvalue weighted by Crippen LogP contribution is 2.22. The molecule has 1 aliphatic rings. The third-order valence-corrected chi connectivity index (χ3v) is 4.33. The van der Waals surface area contributed by atoms with E-state index in [-0.39, 0.29) is 11.6 Å². The van der Waals surface area contributed by atoms with Crippen LogP contribution in [-0.2, 0) is 9.59 Å². The van der Waals surface area contributed by atoms with Crippen LogP contribution in [0.4, 0.5) is 20.6 Å². The molecule has 0 spiro atoms. The number of likely N-dealkylation sites (N-methyl/N-ethyl adjacent to an activating group) is 1. The fraction of sp³-hybridized carbons (Fsp3) is 0.500. The number of hydrogen-bond donors (Lipinski definition) is 2. The van der Waals surface area contributed by atoms with Gasteiger partial charge in [0.1, 0.15) is 11.9 Å². The van der Waals surface area contributed by atoms with E-state index in [0.717, 1.165) is 12.8 Å². The molecule has 1 unspecified atom stereocenters. The van der Waals surface area contributed by atoms with Crippen LogP contribution in [0.15, 0.2) is 18.2 Å². The van der Waals surface area contributed by atoms with Crippen LogP contribution in [0.3, 0.4) is 0 Å². The van der Waals surface area contributed by atoms with Crippen molar-refractivity contribution >= 4 is 29.2 Å². The van der Waals surface area contributed by atoms with Gasteiger partial charge in [0, 0.05) is 32.7 Å². The lowest BCUT2D eigenvalue weighted by atomic mass is 10.0. The first-order valence-corrected chi connectivity index (χ1v) is 8.73.